The third kappa shape index (κ3) is 3.15. The molecule has 26 heavy (non-hydrogen) atoms. The lowest BCUT2D eigenvalue weighted by Gasteiger charge is -2.28. The van der Waals surface area contributed by atoms with Crippen molar-refractivity contribution in [1.82, 2.24) is 5.32 Å². The van der Waals surface area contributed by atoms with Gasteiger partial charge in [-0.2, -0.15) is 8.42 Å². The topological polar surface area (TPSA) is 52.7 Å². The minimum absolute atomic E-state index is 0. The van der Waals surface area contributed by atoms with E-state index >= 15 is 0 Å². The Morgan fingerprint density at radius 3 is 2.42 bits per heavy atom. The second-order valence-electron chi connectivity index (χ2n) is 6.44. The Bertz CT molecular complexity index is 873. The van der Waals surface area contributed by atoms with Gasteiger partial charge in [-0.15, -0.1) is 12.4 Å². The summed E-state index contributed by atoms with van der Waals surface area (Å²) in [5.41, 5.74) is 0.978. The molecule has 8 heteroatoms. The van der Waals surface area contributed by atoms with Crippen LogP contribution < -0.4 is 13.9 Å². The fraction of sp³-hybridized carbons (Fsp3) is 0.333. The summed E-state index contributed by atoms with van der Waals surface area (Å²) in [6.07, 6.45) is 1.84. The van der Waals surface area contributed by atoms with Crippen LogP contribution in [0, 0.1) is 11.7 Å². The van der Waals surface area contributed by atoms with Crippen molar-refractivity contribution in [3.05, 3.63) is 54.3 Å². The molecular formula is C18H21ClFN3O2S. The molecule has 0 aromatic heterocycles. The van der Waals surface area contributed by atoms with Gasteiger partial charge >= 0.3 is 10.2 Å². The lowest BCUT2D eigenvalue weighted by Crippen LogP contribution is -2.41. The van der Waals surface area contributed by atoms with Gasteiger partial charge in [-0.1, -0.05) is 24.3 Å². The molecule has 0 saturated carbocycles. The van der Waals surface area contributed by atoms with Crippen LogP contribution in [0.5, 0.6) is 0 Å². The van der Waals surface area contributed by atoms with Crippen molar-refractivity contribution in [3.63, 3.8) is 0 Å². The van der Waals surface area contributed by atoms with Crippen LogP contribution in [-0.4, -0.2) is 28.1 Å². The molecule has 1 N–H and O–H groups in total. The molecule has 0 spiro atoms. The lowest BCUT2D eigenvalue weighted by molar-refractivity contribution is 0.382. The van der Waals surface area contributed by atoms with E-state index in [0.717, 1.165) is 30.2 Å². The van der Waals surface area contributed by atoms with Gasteiger partial charge in [-0.3, -0.25) is 4.31 Å². The summed E-state index contributed by atoms with van der Waals surface area (Å²) >= 11 is 0. The second kappa shape index (κ2) is 7.42. The van der Waals surface area contributed by atoms with Crippen LogP contribution in [0.1, 0.15) is 12.8 Å². The molecule has 2 aromatic carbocycles. The molecule has 0 aliphatic carbocycles. The average molecular weight is 398 g/mol. The molecule has 2 aliphatic heterocycles. The fourth-order valence-corrected chi connectivity index (χ4v) is 5.35. The lowest BCUT2D eigenvalue weighted by atomic mass is 9.98. The normalized spacial score (nSPS) is 19.1. The smallest absolute Gasteiger partial charge is 0.317 e. The minimum atomic E-state index is -3.86. The third-order valence-electron chi connectivity index (χ3n) is 4.82. The van der Waals surface area contributed by atoms with Crippen LogP contribution in [0.15, 0.2) is 48.5 Å². The highest BCUT2D eigenvalue weighted by atomic mass is 35.5. The van der Waals surface area contributed by atoms with Crippen molar-refractivity contribution in [2.24, 2.45) is 5.92 Å². The van der Waals surface area contributed by atoms with Gasteiger partial charge in [0.05, 0.1) is 11.4 Å². The van der Waals surface area contributed by atoms with Crippen LogP contribution in [0.25, 0.3) is 0 Å². The first-order valence-corrected chi connectivity index (χ1v) is 9.86. The molecule has 0 radical (unpaired) electrons. The number of para-hydroxylation sites is 2. The Balaban J connectivity index is 0.00000196. The first kappa shape index (κ1) is 18.9. The van der Waals surface area contributed by atoms with Gasteiger partial charge in [0.25, 0.3) is 0 Å². The monoisotopic (exact) mass is 397 g/mol. The van der Waals surface area contributed by atoms with Crippen LogP contribution in [0.3, 0.4) is 0 Å². The summed E-state index contributed by atoms with van der Waals surface area (Å²) < 4.78 is 43.6. The molecule has 0 amide bonds. The van der Waals surface area contributed by atoms with E-state index in [0.29, 0.717) is 17.9 Å². The van der Waals surface area contributed by atoms with Crippen molar-refractivity contribution in [3.8, 4) is 0 Å². The van der Waals surface area contributed by atoms with Crippen molar-refractivity contribution in [2.75, 3.05) is 28.2 Å². The SMILES string of the molecule is Cl.O=S1(=O)N(CC2CCNCC2)c2cccc(F)c2N1c1ccccc1. The molecule has 0 atom stereocenters. The Labute approximate surface area is 159 Å². The molecule has 1 fully saturated rings. The number of anilines is 3. The van der Waals surface area contributed by atoms with E-state index in [4.69, 9.17) is 0 Å². The van der Waals surface area contributed by atoms with Gasteiger partial charge in [0, 0.05) is 6.54 Å². The number of rotatable bonds is 3. The number of nitrogens with one attached hydrogen (secondary N) is 1. The molecule has 2 aliphatic rings. The van der Waals surface area contributed by atoms with Crippen LogP contribution in [0.2, 0.25) is 0 Å². The zero-order chi connectivity index (χ0) is 17.4. The summed E-state index contributed by atoms with van der Waals surface area (Å²) in [5.74, 6) is -0.263. The summed E-state index contributed by atoms with van der Waals surface area (Å²) in [4.78, 5) is 0. The average Bonchev–Trinajstić information content (AvgIpc) is 2.85. The number of halogens is 2. The van der Waals surface area contributed by atoms with Crippen LogP contribution >= 0.6 is 12.4 Å². The molecule has 0 bridgehead atoms. The Hall–Kier alpha value is -1.83. The van der Waals surface area contributed by atoms with Crippen LogP contribution in [0.4, 0.5) is 21.5 Å². The fourth-order valence-electron chi connectivity index (χ4n) is 3.56. The van der Waals surface area contributed by atoms with Crippen molar-refractivity contribution in [1.29, 1.82) is 0 Å². The maximum absolute atomic E-state index is 14.6. The van der Waals surface area contributed by atoms with Gasteiger partial charge in [0.1, 0.15) is 11.5 Å². The van der Waals surface area contributed by atoms with Crippen molar-refractivity contribution < 1.29 is 12.8 Å². The van der Waals surface area contributed by atoms with E-state index in [2.05, 4.69) is 5.32 Å². The molecule has 140 valence electrons. The maximum Gasteiger partial charge on any atom is 0.331 e. The first-order chi connectivity index (χ1) is 12.1. The first-order valence-electron chi connectivity index (χ1n) is 8.46. The van der Waals surface area contributed by atoms with Gasteiger partial charge in [-0.05, 0) is 56.1 Å². The number of fused-ring (bicyclic) bond motifs is 1. The van der Waals surface area contributed by atoms with E-state index in [9.17, 15) is 12.8 Å². The zero-order valence-electron chi connectivity index (χ0n) is 14.1. The predicted octanol–water partition coefficient (Wildman–Crippen LogP) is 3.45. The minimum Gasteiger partial charge on any atom is -0.317 e. The highest BCUT2D eigenvalue weighted by molar-refractivity contribution is 7.95. The number of benzene rings is 2. The quantitative estimate of drug-likeness (QED) is 0.863. The van der Waals surface area contributed by atoms with Gasteiger partial charge < -0.3 is 5.32 Å². The van der Waals surface area contributed by atoms with E-state index in [1.165, 1.54) is 10.4 Å². The second-order valence-corrected chi connectivity index (χ2v) is 8.14. The molecule has 4 rings (SSSR count). The predicted molar refractivity (Wildman–Crippen MR) is 104 cm³/mol. The number of piperidine rings is 1. The number of hydrogen-bond donors (Lipinski definition) is 1. The molecular weight excluding hydrogens is 377 g/mol. The summed E-state index contributed by atoms with van der Waals surface area (Å²) in [7, 11) is -3.86. The van der Waals surface area contributed by atoms with Crippen LogP contribution in [-0.2, 0) is 10.2 Å². The molecule has 2 aromatic rings. The third-order valence-corrected chi connectivity index (χ3v) is 6.58. The molecule has 2 heterocycles. The maximum atomic E-state index is 14.6. The summed E-state index contributed by atoms with van der Waals surface area (Å²) in [6.45, 7) is 2.15. The van der Waals surface area contributed by atoms with E-state index in [1.807, 2.05) is 0 Å². The molecule has 0 unspecified atom stereocenters. The summed E-state index contributed by atoms with van der Waals surface area (Å²) in [6, 6.07) is 13.2. The Kier molecular flexibility index (Phi) is 5.41. The van der Waals surface area contributed by atoms with Gasteiger partial charge in [0.2, 0.25) is 0 Å². The van der Waals surface area contributed by atoms with Crippen molar-refractivity contribution >= 4 is 39.7 Å². The molecule has 1 saturated heterocycles. The largest absolute Gasteiger partial charge is 0.331 e. The van der Waals surface area contributed by atoms with E-state index in [1.54, 1.807) is 42.5 Å². The Morgan fingerprint density at radius 1 is 1.04 bits per heavy atom. The van der Waals surface area contributed by atoms with Crippen molar-refractivity contribution in [2.45, 2.75) is 12.8 Å². The molecule has 5 nitrogen and oxygen atoms in total. The highest BCUT2D eigenvalue weighted by Gasteiger charge is 2.43. The van der Waals surface area contributed by atoms with E-state index in [-0.39, 0.29) is 24.0 Å². The Morgan fingerprint density at radius 2 is 1.73 bits per heavy atom. The van der Waals surface area contributed by atoms with E-state index < -0.39 is 16.0 Å². The number of nitrogens with zero attached hydrogens (tertiary/aromatic N) is 2. The standard InChI is InChI=1S/C18H20FN3O2S.ClH/c19-16-7-4-8-17-18(16)22(15-5-2-1-3-6-15)25(23,24)21(17)13-14-9-11-20-12-10-14;/h1-8,14,20H,9-13H2;1H. The highest BCUT2D eigenvalue weighted by Crippen LogP contribution is 2.47. The zero-order valence-corrected chi connectivity index (χ0v) is 15.8. The number of hydrogen-bond acceptors (Lipinski definition) is 3. The van der Waals surface area contributed by atoms with Gasteiger partial charge in [-0.25, -0.2) is 8.70 Å². The summed E-state index contributed by atoms with van der Waals surface area (Å²) in [5, 5.41) is 3.28. The van der Waals surface area contributed by atoms with Gasteiger partial charge in [0.15, 0.2) is 0 Å².